The molecule has 2 N–H and O–H groups in total. The maximum absolute atomic E-state index is 12.2. The minimum absolute atomic E-state index is 0.0658. The second kappa shape index (κ2) is 4.56. The van der Waals surface area contributed by atoms with Crippen LogP contribution in [0.15, 0.2) is 12.1 Å². The van der Waals surface area contributed by atoms with Gasteiger partial charge in [0.15, 0.2) is 0 Å². The van der Waals surface area contributed by atoms with Crippen molar-refractivity contribution in [2.45, 2.75) is 32.4 Å². The number of rotatable bonds is 3. The standard InChI is InChI=1S/C14H17NO4S/c1-14(2)10(7-5-6-19-11(7)14)15-12(16)8-3-4-9(20-8)13(17)18/h3-4,7,10-11H,5-6H2,1-2H3,(H,15,16)(H,17,18). The number of nitrogens with one attached hydrogen (secondary N) is 1. The Kier molecular flexibility index (Phi) is 3.10. The molecule has 3 atom stereocenters. The lowest BCUT2D eigenvalue weighted by Crippen LogP contribution is -2.66. The van der Waals surface area contributed by atoms with Gasteiger partial charge >= 0.3 is 5.97 Å². The number of carbonyl (C=O) groups excluding carboxylic acids is 1. The molecule has 1 saturated heterocycles. The molecule has 2 aliphatic rings. The number of thiophene rings is 1. The highest BCUT2D eigenvalue weighted by atomic mass is 32.1. The lowest BCUT2D eigenvalue weighted by molar-refractivity contribution is -0.108. The molecular formula is C14H17NO4S. The van der Waals surface area contributed by atoms with Crippen molar-refractivity contribution >= 4 is 23.2 Å². The van der Waals surface area contributed by atoms with Crippen LogP contribution in [0.4, 0.5) is 0 Å². The monoisotopic (exact) mass is 295 g/mol. The fraction of sp³-hybridized carbons (Fsp3) is 0.571. The average molecular weight is 295 g/mol. The molecule has 20 heavy (non-hydrogen) atoms. The SMILES string of the molecule is CC1(C)C(NC(=O)c2ccc(C(=O)O)s2)C2CCOC21. The van der Waals surface area contributed by atoms with E-state index in [0.717, 1.165) is 24.4 Å². The second-order valence-electron chi connectivity index (χ2n) is 5.99. The molecule has 1 aromatic rings. The van der Waals surface area contributed by atoms with Crippen molar-refractivity contribution in [1.82, 2.24) is 5.32 Å². The van der Waals surface area contributed by atoms with Gasteiger partial charge in [-0.05, 0) is 18.6 Å². The molecule has 1 aliphatic heterocycles. The van der Waals surface area contributed by atoms with Crippen LogP contribution in [-0.2, 0) is 4.74 Å². The number of carbonyl (C=O) groups is 2. The van der Waals surface area contributed by atoms with Crippen molar-refractivity contribution in [3.8, 4) is 0 Å². The van der Waals surface area contributed by atoms with Gasteiger partial charge in [-0.25, -0.2) is 4.79 Å². The lowest BCUT2D eigenvalue weighted by Gasteiger charge is -2.54. The summed E-state index contributed by atoms with van der Waals surface area (Å²) in [6.45, 7) is 4.95. The highest BCUT2D eigenvalue weighted by Crippen LogP contribution is 2.52. The molecule has 0 radical (unpaired) electrons. The predicted octanol–water partition coefficient (Wildman–Crippen LogP) is 1.99. The van der Waals surface area contributed by atoms with Crippen LogP contribution >= 0.6 is 11.3 Å². The molecule has 108 valence electrons. The van der Waals surface area contributed by atoms with Crippen LogP contribution in [0, 0.1) is 11.3 Å². The first-order valence-corrected chi connectivity index (χ1v) is 7.48. The highest BCUT2D eigenvalue weighted by Gasteiger charge is 2.59. The average Bonchev–Trinajstić information content (AvgIpc) is 3.03. The molecule has 5 nitrogen and oxygen atoms in total. The van der Waals surface area contributed by atoms with Crippen molar-refractivity contribution in [3.05, 3.63) is 21.9 Å². The van der Waals surface area contributed by atoms with E-state index in [2.05, 4.69) is 19.2 Å². The number of hydrogen-bond donors (Lipinski definition) is 2. The number of fused-ring (bicyclic) bond motifs is 1. The van der Waals surface area contributed by atoms with E-state index in [-0.39, 0.29) is 28.3 Å². The number of aromatic carboxylic acids is 1. The van der Waals surface area contributed by atoms with Gasteiger partial charge in [0.05, 0.1) is 11.0 Å². The Hall–Kier alpha value is -1.40. The van der Waals surface area contributed by atoms with Gasteiger partial charge < -0.3 is 15.2 Å². The predicted molar refractivity (Wildman–Crippen MR) is 74.2 cm³/mol. The van der Waals surface area contributed by atoms with Crippen molar-refractivity contribution in [2.75, 3.05) is 6.61 Å². The topological polar surface area (TPSA) is 75.6 Å². The van der Waals surface area contributed by atoms with Gasteiger partial charge in [0.2, 0.25) is 0 Å². The van der Waals surface area contributed by atoms with Crippen molar-refractivity contribution in [1.29, 1.82) is 0 Å². The molecule has 1 amide bonds. The van der Waals surface area contributed by atoms with Crippen molar-refractivity contribution < 1.29 is 19.4 Å². The van der Waals surface area contributed by atoms with Crippen molar-refractivity contribution in [2.24, 2.45) is 11.3 Å². The number of carboxylic acid groups (broad SMARTS) is 1. The first-order valence-electron chi connectivity index (χ1n) is 6.67. The molecule has 6 heteroatoms. The van der Waals surface area contributed by atoms with E-state index in [1.807, 2.05) is 0 Å². The molecule has 2 fully saturated rings. The molecule has 0 aromatic carbocycles. The molecule has 1 aliphatic carbocycles. The Morgan fingerprint density at radius 1 is 1.40 bits per heavy atom. The van der Waals surface area contributed by atoms with E-state index in [4.69, 9.17) is 9.84 Å². The fourth-order valence-corrected chi connectivity index (χ4v) is 4.15. The molecule has 3 unspecified atom stereocenters. The number of carboxylic acids is 1. The largest absolute Gasteiger partial charge is 0.477 e. The van der Waals surface area contributed by atoms with Crippen LogP contribution in [-0.4, -0.2) is 35.7 Å². The van der Waals surface area contributed by atoms with Gasteiger partial charge in [0.1, 0.15) is 4.88 Å². The van der Waals surface area contributed by atoms with E-state index >= 15 is 0 Å². The number of hydrogen-bond acceptors (Lipinski definition) is 4. The number of ether oxygens (including phenoxy) is 1. The van der Waals surface area contributed by atoms with Crippen LogP contribution in [0.1, 0.15) is 39.6 Å². The van der Waals surface area contributed by atoms with Gasteiger partial charge in [-0.2, -0.15) is 0 Å². The highest BCUT2D eigenvalue weighted by molar-refractivity contribution is 7.15. The summed E-state index contributed by atoms with van der Waals surface area (Å²) in [6, 6.07) is 3.13. The summed E-state index contributed by atoms with van der Waals surface area (Å²) in [5, 5.41) is 11.9. The van der Waals surface area contributed by atoms with Gasteiger partial charge in [-0.1, -0.05) is 13.8 Å². The zero-order valence-corrected chi connectivity index (χ0v) is 12.2. The van der Waals surface area contributed by atoms with E-state index in [0.29, 0.717) is 10.8 Å². The van der Waals surface area contributed by atoms with E-state index in [1.165, 1.54) is 6.07 Å². The zero-order chi connectivity index (χ0) is 14.5. The summed E-state index contributed by atoms with van der Waals surface area (Å²) >= 11 is 1.01. The summed E-state index contributed by atoms with van der Waals surface area (Å²) in [6.07, 6.45) is 1.20. The molecule has 2 heterocycles. The third-order valence-electron chi connectivity index (χ3n) is 4.43. The first kappa shape index (κ1) is 13.6. The minimum atomic E-state index is -0.998. The molecule has 1 aromatic heterocycles. The van der Waals surface area contributed by atoms with Gasteiger partial charge in [-0.3, -0.25) is 4.79 Å². The van der Waals surface area contributed by atoms with Crippen LogP contribution in [0.25, 0.3) is 0 Å². The maximum Gasteiger partial charge on any atom is 0.345 e. The van der Waals surface area contributed by atoms with E-state index in [1.54, 1.807) is 6.07 Å². The second-order valence-corrected chi connectivity index (χ2v) is 7.07. The summed E-state index contributed by atoms with van der Waals surface area (Å²) in [5.41, 5.74) is -0.0658. The Balaban J connectivity index is 1.71. The summed E-state index contributed by atoms with van der Waals surface area (Å²) in [7, 11) is 0. The van der Waals surface area contributed by atoms with Crippen LogP contribution in [0.3, 0.4) is 0 Å². The summed E-state index contributed by atoms with van der Waals surface area (Å²) < 4.78 is 5.69. The smallest absolute Gasteiger partial charge is 0.345 e. The maximum atomic E-state index is 12.2. The summed E-state index contributed by atoms with van der Waals surface area (Å²) in [5.74, 6) is -0.805. The Morgan fingerprint density at radius 3 is 2.75 bits per heavy atom. The Morgan fingerprint density at radius 2 is 2.10 bits per heavy atom. The molecule has 0 bridgehead atoms. The molecule has 3 rings (SSSR count). The van der Waals surface area contributed by atoms with Gasteiger partial charge in [0, 0.05) is 24.0 Å². The first-order chi connectivity index (χ1) is 9.41. The lowest BCUT2D eigenvalue weighted by atomic mass is 9.57. The fourth-order valence-electron chi connectivity index (χ4n) is 3.40. The van der Waals surface area contributed by atoms with Crippen molar-refractivity contribution in [3.63, 3.8) is 0 Å². The Labute approximate surface area is 120 Å². The van der Waals surface area contributed by atoms with Crippen LogP contribution < -0.4 is 5.32 Å². The Bertz CT molecular complexity index is 565. The van der Waals surface area contributed by atoms with E-state index in [9.17, 15) is 9.59 Å². The minimum Gasteiger partial charge on any atom is -0.477 e. The molecule has 1 saturated carbocycles. The van der Waals surface area contributed by atoms with Gasteiger partial charge in [-0.15, -0.1) is 11.3 Å². The normalized spacial score (nSPS) is 30.4. The number of amides is 1. The van der Waals surface area contributed by atoms with Gasteiger partial charge in [0.25, 0.3) is 5.91 Å². The van der Waals surface area contributed by atoms with E-state index < -0.39 is 5.97 Å². The quantitative estimate of drug-likeness (QED) is 0.894. The van der Waals surface area contributed by atoms with Crippen LogP contribution in [0.2, 0.25) is 0 Å². The molecular weight excluding hydrogens is 278 g/mol. The third kappa shape index (κ3) is 1.94. The zero-order valence-electron chi connectivity index (χ0n) is 11.4. The molecule has 0 spiro atoms. The summed E-state index contributed by atoms with van der Waals surface area (Å²) in [4.78, 5) is 23.7. The third-order valence-corrected chi connectivity index (χ3v) is 5.50. The van der Waals surface area contributed by atoms with Crippen LogP contribution in [0.5, 0.6) is 0 Å².